The number of nitrogens with one attached hydrogen (secondary N) is 1. The standard InChI is InChI=1S/C24H25ClFNO6/c25-18-6-5-17(9-19(18)26)32-11-16(29)10-23-13-24(14-23,15-23)27-22(30)12-33-21-4-2-1-3-20(21)31-8-7-28/h1-6,9,28H,7-8,10-15H2,(H,27,30). The van der Waals surface area contributed by atoms with Crippen LogP contribution in [0.2, 0.25) is 5.02 Å². The van der Waals surface area contributed by atoms with Crippen molar-refractivity contribution in [3.05, 3.63) is 53.3 Å². The molecule has 7 nitrogen and oxygen atoms in total. The Bertz CT molecular complexity index is 1030. The first-order chi connectivity index (χ1) is 15.8. The molecule has 176 valence electrons. The minimum absolute atomic E-state index is 0.000437. The normalized spacial score (nSPS) is 22.5. The van der Waals surface area contributed by atoms with E-state index in [0.29, 0.717) is 17.9 Å². The molecule has 5 rings (SSSR count). The van der Waals surface area contributed by atoms with Crippen LogP contribution in [0, 0.1) is 11.2 Å². The average molecular weight is 478 g/mol. The van der Waals surface area contributed by atoms with Crippen molar-refractivity contribution < 1.29 is 33.3 Å². The zero-order chi connectivity index (χ0) is 23.5. The number of ketones is 1. The molecule has 2 bridgehead atoms. The first-order valence-electron chi connectivity index (χ1n) is 10.7. The number of amides is 1. The predicted octanol–water partition coefficient (Wildman–Crippen LogP) is 3.31. The molecular formula is C24H25ClFNO6. The number of rotatable bonds is 12. The van der Waals surface area contributed by atoms with Crippen LogP contribution >= 0.6 is 11.6 Å². The highest BCUT2D eigenvalue weighted by Gasteiger charge is 2.68. The molecule has 2 N–H and O–H groups in total. The Hall–Kier alpha value is -2.84. The molecule has 3 aliphatic rings. The second kappa shape index (κ2) is 9.57. The second-order valence-corrected chi connectivity index (χ2v) is 9.15. The van der Waals surface area contributed by atoms with E-state index in [0.717, 1.165) is 25.3 Å². The van der Waals surface area contributed by atoms with Crippen molar-refractivity contribution in [1.29, 1.82) is 0 Å². The summed E-state index contributed by atoms with van der Waals surface area (Å²) < 4.78 is 29.8. The summed E-state index contributed by atoms with van der Waals surface area (Å²) in [5.41, 5.74) is -0.363. The number of benzene rings is 2. The van der Waals surface area contributed by atoms with E-state index in [9.17, 15) is 14.0 Å². The molecule has 3 aliphatic carbocycles. The van der Waals surface area contributed by atoms with Crippen LogP contribution in [0.15, 0.2) is 42.5 Å². The van der Waals surface area contributed by atoms with Crippen LogP contribution in [0.4, 0.5) is 4.39 Å². The number of aliphatic hydroxyl groups is 1. The number of para-hydroxylation sites is 2. The summed E-state index contributed by atoms with van der Waals surface area (Å²) in [5, 5.41) is 11.9. The zero-order valence-electron chi connectivity index (χ0n) is 17.9. The average Bonchev–Trinajstić information content (AvgIpc) is 2.75. The number of ether oxygens (including phenoxy) is 3. The molecular weight excluding hydrogens is 453 g/mol. The number of halogens is 2. The van der Waals surface area contributed by atoms with Crippen molar-refractivity contribution in [2.45, 2.75) is 31.2 Å². The molecule has 3 fully saturated rings. The van der Waals surface area contributed by atoms with Gasteiger partial charge in [-0.3, -0.25) is 9.59 Å². The number of carbonyl (C=O) groups is 2. The van der Waals surface area contributed by atoms with E-state index in [2.05, 4.69) is 5.32 Å². The van der Waals surface area contributed by atoms with Gasteiger partial charge in [-0.05, 0) is 48.9 Å². The van der Waals surface area contributed by atoms with E-state index >= 15 is 0 Å². The maximum Gasteiger partial charge on any atom is 0.258 e. The molecule has 0 unspecified atom stereocenters. The molecule has 0 heterocycles. The second-order valence-electron chi connectivity index (χ2n) is 8.75. The first-order valence-corrected chi connectivity index (χ1v) is 11.1. The Labute approximate surface area is 195 Å². The maximum absolute atomic E-state index is 13.5. The van der Waals surface area contributed by atoms with E-state index in [1.54, 1.807) is 24.3 Å². The molecule has 0 spiro atoms. The van der Waals surface area contributed by atoms with Crippen molar-refractivity contribution in [2.75, 3.05) is 26.4 Å². The summed E-state index contributed by atoms with van der Waals surface area (Å²) in [7, 11) is 0. The van der Waals surface area contributed by atoms with Crippen molar-refractivity contribution in [2.24, 2.45) is 5.41 Å². The molecule has 0 atom stereocenters. The fourth-order valence-electron chi connectivity index (χ4n) is 4.84. The van der Waals surface area contributed by atoms with E-state index < -0.39 is 5.82 Å². The van der Waals surface area contributed by atoms with Crippen molar-refractivity contribution in [3.8, 4) is 17.2 Å². The first kappa shape index (κ1) is 23.3. The van der Waals surface area contributed by atoms with Gasteiger partial charge in [-0.1, -0.05) is 23.7 Å². The number of carbonyl (C=O) groups excluding carboxylic acids is 2. The van der Waals surface area contributed by atoms with Gasteiger partial charge < -0.3 is 24.6 Å². The van der Waals surface area contributed by atoms with Gasteiger partial charge in [-0.15, -0.1) is 0 Å². The topological polar surface area (TPSA) is 94.1 Å². The van der Waals surface area contributed by atoms with Crippen LogP contribution in [0.5, 0.6) is 17.2 Å². The molecule has 2 aromatic rings. The lowest BCUT2D eigenvalue weighted by Crippen LogP contribution is -2.75. The van der Waals surface area contributed by atoms with Crippen molar-refractivity contribution >= 4 is 23.3 Å². The van der Waals surface area contributed by atoms with Gasteiger partial charge in [0.05, 0.1) is 11.6 Å². The summed E-state index contributed by atoms with van der Waals surface area (Å²) in [6, 6.07) is 11.0. The van der Waals surface area contributed by atoms with Crippen LogP contribution in [0.1, 0.15) is 25.7 Å². The van der Waals surface area contributed by atoms with Gasteiger partial charge in [-0.25, -0.2) is 4.39 Å². The van der Waals surface area contributed by atoms with E-state index in [-0.39, 0.29) is 59.8 Å². The largest absolute Gasteiger partial charge is 0.487 e. The van der Waals surface area contributed by atoms with Crippen molar-refractivity contribution in [3.63, 3.8) is 0 Å². The fraction of sp³-hybridized carbons (Fsp3) is 0.417. The summed E-state index contributed by atoms with van der Waals surface area (Å²) >= 11 is 5.64. The number of hydrogen-bond donors (Lipinski definition) is 2. The summed E-state index contributed by atoms with van der Waals surface area (Å²) in [6.07, 6.45) is 2.59. The van der Waals surface area contributed by atoms with Crippen LogP contribution in [-0.4, -0.2) is 48.8 Å². The van der Waals surface area contributed by atoms with Crippen LogP contribution in [0.3, 0.4) is 0 Å². The minimum Gasteiger partial charge on any atom is -0.487 e. The third-order valence-corrected chi connectivity index (χ3v) is 6.27. The number of aliphatic hydroxyl groups excluding tert-OH is 1. The summed E-state index contributed by atoms with van der Waals surface area (Å²) in [4.78, 5) is 24.7. The maximum atomic E-state index is 13.5. The highest BCUT2D eigenvalue weighted by Crippen LogP contribution is 2.69. The molecule has 2 aromatic carbocycles. The van der Waals surface area contributed by atoms with Gasteiger partial charge in [0.1, 0.15) is 24.8 Å². The Morgan fingerprint density at radius 1 is 1.03 bits per heavy atom. The Morgan fingerprint density at radius 2 is 1.73 bits per heavy atom. The minimum atomic E-state index is -0.594. The molecule has 1 amide bonds. The molecule has 0 aliphatic heterocycles. The van der Waals surface area contributed by atoms with Gasteiger partial charge in [0.25, 0.3) is 5.91 Å². The third-order valence-electron chi connectivity index (χ3n) is 5.96. The van der Waals surface area contributed by atoms with Crippen molar-refractivity contribution in [1.82, 2.24) is 5.32 Å². The zero-order valence-corrected chi connectivity index (χ0v) is 18.7. The molecule has 9 heteroatoms. The predicted molar refractivity (Wildman–Crippen MR) is 118 cm³/mol. The fourth-order valence-corrected chi connectivity index (χ4v) is 4.95. The van der Waals surface area contributed by atoms with Gasteiger partial charge in [0.15, 0.2) is 23.9 Å². The van der Waals surface area contributed by atoms with Crippen LogP contribution in [-0.2, 0) is 9.59 Å². The summed E-state index contributed by atoms with van der Waals surface area (Å²) in [6.45, 7) is -0.266. The lowest BCUT2D eigenvalue weighted by molar-refractivity contribution is -0.173. The molecule has 33 heavy (non-hydrogen) atoms. The van der Waals surface area contributed by atoms with E-state index in [1.165, 1.54) is 12.1 Å². The number of hydrogen-bond acceptors (Lipinski definition) is 6. The molecule has 0 saturated heterocycles. The van der Waals surface area contributed by atoms with Gasteiger partial charge in [0, 0.05) is 18.0 Å². The molecule has 0 aromatic heterocycles. The Kier molecular flexibility index (Phi) is 6.76. The Balaban J connectivity index is 1.18. The quantitative estimate of drug-likeness (QED) is 0.487. The van der Waals surface area contributed by atoms with Gasteiger partial charge in [0.2, 0.25) is 0 Å². The van der Waals surface area contributed by atoms with Gasteiger partial charge >= 0.3 is 0 Å². The molecule has 3 saturated carbocycles. The smallest absolute Gasteiger partial charge is 0.258 e. The third kappa shape index (κ3) is 5.39. The Morgan fingerprint density at radius 3 is 2.39 bits per heavy atom. The van der Waals surface area contributed by atoms with Gasteiger partial charge in [-0.2, -0.15) is 0 Å². The van der Waals surface area contributed by atoms with E-state index in [4.69, 9.17) is 30.9 Å². The van der Waals surface area contributed by atoms with Crippen LogP contribution in [0.25, 0.3) is 0 Å². The monoisotopic (exact) mass is 477 g/mol. The SMILES string of the molecule is O=C(COc1ccc(Cl)c(F)c1)CC12CC(NC(=O)COc3ccccc3OCCO)(C1)C2. The van der Waals surface area contributed by atoms with E-state index in [1.807, 2.05) is 0 Å². The number of Topliss-reactive ketones (excluding diaryl/α,β-unsaturated/α-hetero) is 1. The summed E-state index contributed by atoms with van der Waals surface area (Å²) in [5.74, 6) is 0.262. The lowest BCUT2D eigenvalue weighted by atomic mass is 9.38. The highest BCUT2D eigenvalue weighted by atomic mass is 35.5. The van der Waals surface area contributed by atoms with Crippen LogP contribution < -0.4 is 19.5 Å². The lowest BCUT2D eigenvalue weighted by Gasteiger charge is -2.70. The molecule has 0 radical (unpaired) electrons. The highest BCUT2D eigenvalue weighted by molar-refractivity contribution is 6.30.